The van der Waals surface area contributed by atoms with E-state index >= 15 is 0 Å². The van der Waals surface area contributed by atoms with Crippen LogP contribution in [-0.2, 0) is 0 Å². The second-order valence-electron chi connectivity index (χ2n) is 5.53. The molecule has 24 heavy (non-hydrogen) atoms. The van der Waals surface area contributed by atoms with Crippen molar-refractivity contribution in [3.8, 4) is 22.8 Å². The largest absolute Gasteiger partial charge is 0.454 e. The molecule has 0 bridgehead atoms. The highest BCUT2D eigenvalue weighted by molar-refractivity contribution is 7.99. The first-order valence-corrected chi connectivity index (χ1v) is 9.73. The van der Waals surface area contributed by atoms with Crippen molar-refractivity contribution in [1.82, 2.24) is 15.2 Å². The summed E-state index contributed by atoms with van der Waals surface area (Å²) in [4.78, 5) is 4.69. The van der Waals surface area contributed by atoms with Crippen molar-refractivity contribution in [1.29, 1.82) is 0 Å². The molecule has 7 heteroatoms. The highest BCUT2D eigenvalue weighted by Crippen LogP contribution is 2.39. The number of unbranched alkanes of at least 4 members (excludes halogenated alkanes) is 1. The second kappa shape index (κ2) is 6.57. The average Bonchev–Trinajstić information content (AvgIpc) is 3.20. The maximum atomic E-state index is 5.48. The van der Waals surface area contributed by atoms with Crippen molar-refractivity contribution in [3.05, 3.63) is 23.2 Å². The molecule has 0 unspecified atom stereocenters. The van der Waals surface area contributed by atoms with Crippen LogP contribution >= 0.6 is 23.1 Å². The average molecular weight is 359 g/mol. The molecule has 4 rings (SSSR count). The van der Waals surface area contributed by atoms with E-state index in [1.165, 1.54) is 12.8 Å². The molecule has 3 heterocycles. The second-order valence-corrected chi connectivity index (χ2v) is 7.82. The fourth-order valence-corrected chi connectivity index (χ4v) is 4.56. The van der Waals surface area contributed by atoms with Gasteiger partial charge in [-0.1, -0.05) is 13.3 Å². The molecule has 0 saturated heterocycles. The molecule has 0 N–H and O–H groups in total. The van der Waals surface area contributed by atoms with Gasteiger partial charge in [0.25, 0.3) is 0 Å². The lowest BCUT2D eigenvalue weighted by molar-refractivity contribution is 0.174. The summed E-state index contributed by atoms with van der Waals surface area (Å²) in [5, 5.41) is 10.9. The minimum absolute atomic E-state index is 0.270. The third-order valence-corrected chi connectivity index (χ3v) is 5.79. The van der Waals surface area contributed by atoms with Crippen molar-refractivity contribution in [2.24, 2.45) is 0 Å². The Hall–Kier alpha value is -1.86. The molecule has 5 nitrogen and oxygen atoms in total. The summed E-state index contributed by atoms with van der Waals surface area (Å²) >= 11 is 3.40. The normalized spacial score (nSPS) is 12.9. The molecular weight excluding hydrogens is 342 g/mol. The third-order valence-electron chi connectivity index (χ3n) is 3.78. The van der Waals surface area contributed by atoms with Crippen LogP contribution in [0.3, 0.4) is 0 Å². The van der Waals surface area contributed by atoms with E-state index in [1.807, 2.05) is 25.1 Å². The van der Waals surface area contributed by atoms with E-state index < -0.39 is 0 Å². The molecule has 0 amide bonds. The molecule has 0 fully saturated rings. The number of aryl methyl sites for hydroxylation is 1. The number of rotatable bonds is 5. The number of benzene rings is 1. The summed E-state index contributed by atoms with van der Waals surface area (Å²) < 4.78 is 11.9. The number of thiazole rings is 1. The zero-order chi connectivity index (χ0) is 16.5. The topological polar surface area (TPSA) is 57.1 Å². The molecule has 124 valence electrons. The van der Waals surface area contributed by atoms with Crippen LogP contribution in [0.25, 0.3) is 21.5 Å². The van der Waals surface area contributed by atoms with Crippen LogP contribution in [0, 0.1) is 6.92 Å². The van der Waals surface area contributed by atoms with Crippen molar-refractivity contribution >= 4 is 33.3 Å². The van der Waals surface area contributed by atoms with Gasteiger partial charge in [0.15, 0.2) is 11.5 Å². The maximum absolute atomic E-state index is 5.48. The Balaban J connectivity index is 1.77. The molecular formula is C17H17N3O2S2. The van der Waals surface area contributed by atoms with Gasteiger partial charge >= 0.3 is 0 Å². The minimum Gasteiger partial charge on any atom is -0.454 e. The molecule has 2 aromatic heterocycles. The van der Waals surface area contributed by atoms with Crippen molar-refractivity contribution < 1.29 is 9.47 Å². The number of thioether (sulfide) groups is 1. The molecule has 1 aliphatic rings. The monoisotopic (exact) mass is 359 g/mol. The maximum Gasteiger partial charge on any atom is 0.231 e. The zero-order valence-electron chi connectivity index (χ0n) is 13.5. The Bertz CT molecular complexity index is 895. The molecule has 0 atom stereocenters. The van der Waals surface area contributed by atoms with Crippen LogP contribution in [0.15, 0.2) is 23.2 Å². The van der Waals surface area contributed by atoms with Crippen molar-refractivity contribution in [2.75, 3.05) is 12.5 Å². The van der Waals surface area contributed by atoms with Gasteiger partial charge in [0.1, 0.15) is 16.2 Å². The highest BCUT2D eigenvalue weighted by Gasteiger charge is 2.19. The van der Waals surface area contributed by atoms with Gasteiger partial charge < -0.3 is 9.47 Å². The smallest absolute Gasteiger partial charge is 0.231 e. The molecule has 1 aliphatic heterocycles. The van der Waals surface area contributed by atoms with Crippen LogP contribution in [-0.4, -0.2) is 27.7 Å². The van der Waals surface area contributed by atoms with E-state index in [4.69, 9.17) is 9.47 Å². The number of nitrogens with zero attached hydrogens (tertiary/aromatic N) is 3. The van der Waals surface area contributed by atoms with Gasteiger partial charge in [-0.3, -0.25) is 0 Å². The predicted octanol–water partition coefficient (Wildman–Crippen LogP) is 4.68. The fourth-order valence-electron chi connectivity index (χ4n) is 2.56. The van der Waals surface area contributed by atoms with Gasteiger partial charge in [0.05, 0.1) is 9.71 Å². The SMILES string of the molecule is CCCCSc1nnc(-c2ccc3c(c2)OCO3)c2sc(C)nc12. The summed E-state index contributed by atoms with van der Waals surface area (Å²) in [6.07, 6.45) is 2.34. The Morgan fingerprint density at radius 2 is 2.08 bits per heavy atom. The van der Waals surface area contributed by atoms with E-state index in [-0.39, 0.29) is 6.79 Å². The molecule has 0 radical (unpaired) electrons. The predicted molar refractivity (Wildman–Crippen MR) is 97.1 cm³/mol. The summed E-state index contributed by atoms with van der Waals surface area (Å²) in [5.41, 5.74) is 2.79. The quantitative estimate of drug-likeness (QED) is 0.487. The molecule has 0 spiro atoms. The lowest BCUT2D eigenvalue weighted by atomic mass is 10.1. The van der Waals surface area contributed by atoms with Crippen molar-refractivity contribution in [3.63, 3.8) is 0 Å². The first-order valence-electron chi connectivity index (χ1n) is 7.93. The number of hydrogen-bond acceptors (Lipinski definition) is 7. The van der Waals surface area contributed by atoms with Crippen LogP contribution < -0.4 is 9.47 Å². The van der Waals surface area contributed by atoms with Gasteiger partial charge in [-0.2, -0.15) is 0 Å². The van der Waals surface area contributed by atoms with Gasteiger partial charge in [-0.25, -0.2) is 4.98 Å². The van der Waals surface area contributed by atoms with Crippen molar-refractivity contribution in [2.45, 2.75) is 31.7 Å². The zero-order valence-corrected chi connectivity index (χ0v) is 15.2. The van der Waals surface area contributed by atoms with Gasteiger partial charge in [0.2, 0.25) is 6.79 Å². The van der Waals surface area contributed by atoms with Gasteiger partial charge in [-0.15, -0.1) is 33.3 Å². The summed E-state index contributed by atoms with van der Waals surface area (Å²) in [5.74, 6) is 2.57. The van der Waals surface area contributed by atoms with Gasteiger partial charge in [-0.05, 0) is 37.3 Å². The van der Waals surface area contributed by atoms with Crippen LogP contribution in [0.5, 0.6) is 11.5 Å². The van der Waals surface area contributed by atoms with E-state index in [0.717, 1.165) is 48.8 Å². The van der Waals surface area contributed by atoms with Crippen LogP contribution in [0.2, 0.25) is 0 Å². The van der Waals surface area contributed by atoms with Crippen LogP contribution in [0.4, 0.5) is 0 Å². The summed E-state index contributed by atoms with van der Waals surface area (Å²) in [7, 11) is 0. The molecule has 0 saturated carbocycles. The molecule has 3 aromatic rings. The van der Waals surface area contributed by atoms with Gasteiger partial charge in [0, 0.05) is 5.56 Å². The van der Waals surface area contributed by atoms with E-state index in [2.05, 4.69) is 22.1 Å². The van der Waals surface area contributed by atoms with E-state index in [9.17, 15) is 0 Å². The lowest BCUT2D eigenvalue weighted by Crippen LogP contribution is -1.93. The first kappa shape index (κ1) is 15.7. The Morgan fingerprint density at radius 3 is 2.96 bits per heavy atom. The van der Waals surface area contributed by atoms with E-state index in [0.29, 0.717) is 0 Å². The lowest BCUT2D eigenvalue weighted by Gasteiger charge is -2.05. The highest BCUT2D eigenvalue weighted by atomic mass is 32.2. The van der Waals surface area contributed by atoms with Crippen LogP contribution in [0.1, 0.15) is 24.8 Å². The summed E-state index contributed by atoms with van der Waals surface area (Å²) in [6.45, 7) is 4.48. The minimum atomic E-state index is 0.270. The fraction of sp³-hybridized carbons (Fsp3) is 0.353. The standard InChI is InChI=1S/C17H17N3O2S2/c1-3-4-7-23-17-15-16(24-10(2)18-15)14(19-20-17)11-5-6-12-13(8-11)22-9-21-12/h5-6,8H,3-4,7,9H2,1-2H3. The number of hydrogen-bond donors (Lipinski definition) is 0. The third kappa shape index (κ3) is 2.82. The molecule has 0 aliphatic carbocycles. The molecule has 1 aromatic carbocycles. The number of ether oxygens (including phenoxy) is 2. The van der Waals surface area contributed by atoms with E-state index in [1.54, 1.807) is 23.1 Å². The number of aromatic nitrogens is 3. The Morgan fingerprint density at radius 1 is 1.21 bits per heavy atom. The first-order chi connectivity index (χ1) is 11.8. The Kier molecular flexibility index (Phi) is 4.28. The number of fused-ring (bicyclic) bond motifs is 2. The summed E-state index contributed by atoms with van der Waals surface area (Å²) in [6, 6.07) is 5.88. The Labute approximate surface area is 148 Å².